The number of fused-ring (bicyclic) bond motifs is 1. The molecule has 1 saturated carbocycles. The Kier molecular flexibility index (Phi) is 3.64. The van der Waals surface area contributed by atoms with Crippen LogP contribution in [-0.2, 0) is 0 Å². The summed E-state index contributed by atoms with van der Waals surface area (Å²) in [6.07, 6.45) is 3.00. The van der Waals surface area contributed by atoms with Crippen LogP contribution in [0.3, 0.4) is 0 Å². The second-order valence-electron chi connectivity index (χ2n) is 5.57. The Hall–Kier alpha value is -1.21. The minimum absolute atomic E-state index is 0.0154. The Morgan fingerprint density at radius 3 is 2.85 bits per heavy atom. The highest BCUT2D eigenvalue weighted by Gasteiger charge is 2.40. The zero-order valence-corrected chi connectivity index (χ0v) is 11.6. The van der Waals surface area contributed by atoms with Crippen molar-refractivity contribution < 1.29 is 4.92 Å². The number of hydrazine groups is 1. The lowest BCUT2D eigenvalue weighted by atomic mass is 9.77. The fourth-order valence-corrected chi connectivity index (χ4v) is 3.57. The summed E-state index contributed by atoms with van der Waals surface area (Å²) in [6, 6.07) is 5.32. The molecule has 6 nitrogen and oxygen atoms in total. The Labute approximate surface area is 121 Å². The van der Waals surface area contributed by atoms with Gasteiger partial charge in [-0.3, -0.25) is 15.5 Å². The number of non-ortho nitro benzene ring substituents is 1. The molecular weight excluding hydrogens is 280 g/mol. The van der Waals surface area contributed by atoms with Crippen LogP contribution in [0.1, 0.15) is 30.9 Å². The van der Waals surface area contributed by atoms with E-state index >= 15 is 0 Å². The van der Waals surface area contributed by atoms with Gasteiger partial charge in [0.2, 0.25) is 0 Å². The second-order valence-corrected chi connectivity index (χ2v) is 5.98. The summed E-state index contributed by atoms with van der Waals surface area (Å²) in [5.41, 5.74) is 13.5. The van der Waals surface area contributed by atoms with E-state index in [2.05, 4.69) is 10.9 Å². The molecule has 7 heteroatoms. The molecule has 0 amide bonds. The van der Waals surface area contributed by atoms with Gasteiger partial charge in [0.25, 0.3) is 5.69 Å². The highest BCUT2D eigenvalue weighted by Crippen LogP contribution is 2.40. The number of nitro benzene ring substituents is 1. The van der Waals surface area contributed by atoms with Crippen molar-refractivity contribution in [1.29, 1.82) is 0 Å². The molecule has 2 fully saturated rings. The van der Waals surface area contributed by atoms with Gasteiger partial charge in [0, 0.05) is 24.2 Å². The zero-order valence-electron chi connectivity index (χ0n) is 10.9. The van der Waals surface area contributed by atoms with Crippen LogP contribution in [0.25, 0.3) is 0 Å². The van der Waals surface area contributed by atoms with Crippen molar-refractivity contribution in [2.45, 2.75) is 37.4 Å². The highest BCUT2D eigenvalue weighted by atomic mass is 35.5. The third-order valence-electron chi connectivity index (χ3n) is 4.32. The molecule has 4 N–H and O–H groups in total. The number of hydrogen-bond acceptors (Lipinski definition) is 5. The van der Waals surface area contributed by atoms with E-state index < -0.39 is 4.92 Å². The lowest BCUT2D eigenvalue weighted by Crippen LogP contribution is -2.39. The summed E-state index contributed by atoms with van der Waals surface area (Å²) >= 11 is 6.22. The topological polar surface area (TPSA) is 93.2 Å². The summed E-state index contributed by atoms with van der Waals surface area (Å²) in [7, 11) is 0. The minimum Gasteiger partial charge on any atom is -0.328 e. The first kappa shape index (κ1) is 13.8. The fraction of sp³-hybridized carbons (Fsp3) is 0.538. The van der Waals surface area contributed by atoms with Gasteiger partial charge in [-0.25, -0.2) is 5.43 Å². The number of hydrogen-bond donors (Lipinski definition) is 3. The summed E-state index contributed by atoms with van der Waals surface area (Å²) in [4.78, 5) is 10.3. The van der Waals surface area contributed by atoms with Crippen molar-refractivity contribution >= 4 is 17.3 Å². The zero-order chi connectivity index (χ0) is 14.3. The van der Waals surface area contributed by atoms with Crippen LogP contribution < -0.4 is 16.6 Å². The van der Waals surface area contributed by atoms with E-state index in [1.807, 2.05) is 0 Å². The van der Waals surface area contributed by atoms with E-state index in [0.29, 0.717) is 17.0 Å². The van der Waals surface area contributed by atoms with Crippen molar-refractivity contribution in [3.05, 3.63) is 38.9 Å². The maximum absolute atomic E-state index is 10.8. The van der Waals surface area contributed by atoms with Crippen molar-refractivity contribution in [3.63, 3.8) is 0 Å². The molecule has 3 rings (SSSR count). The smallest absolute Gasteiger partial charge is 0.270 e. The number of rotatable bonds is 2. The van der Waals surface area contributed by atoms with Crippen LogP contribution in [0, 0.1) is 16.0 Å². The van der Waals surface area contributed by atoms with E-state index in [4.69, 9.17) is 17.3 Å². The molecule has 1 aromatic rings. The van der Waals surface area contributed by atoms with Gasteiger partial charge in [-0.05, 0) is 36.8 Å². The van der Waals surface area contributed by atoms with Crippen LogP contribution in [0.5, 0.6) is 0 Å². The molecule has 0 aromatic heterocycles. The maximum Gasteiger partial charge on any atom is 0.270 e. The molecule has 108 valence electrons. The van der Waals surface area contributed by atoms with Crippen LogP contribution in [0.15, 0.2) is 18.2 Å². The van der Waals surface area contributed by atoms with Gasteiger partial charge in [-0.2, -0.15) is 0 Å². The Morgan fingerprint density at radius 1 is 1.35 bits per heavy atom. The number of nitro groups is 1. The third-order valence-corrected chi connectivity index (χ3v) is 4.65. The van der Waals surface area contributed by atoms with Gasteiger partial charge < -0.3 is 5.73 Å². The number of nitrogens with one attached hydrogen (secondary N) is 2. The van der Waals surface area contributed by atoms with E-state index in [1.54, 1.807) is 6.07 Å². The molecule has 4 unspecified atom stereocenters. The standard InChI is InChI=1S/C13H17ClN4O2/c14-11-6-8(18(19)20)2-3-9(11)13-10-5-7(15)1-4-12(10)16-17-13/h2-3,6-7,10,12-13,16-17H,1,4-5,15H2. The molecule has 4 atom stereocenters. The Morgan fingerprint density at radius 2 is 2.15 bits per heavy atom. The Balaban J connectivity index is 1.87. The molecule has 1 aliphatic carbocycles. The van der Waals surface area contributed by atoms with Crippen LogP contribution >= 0.6 is 11.6 Å². The van der Waals surface area contributed by atoms with Crippen LogP contribution in [0.4, 0.5) is 5.69 Å². The van der Waals surface area contributed by atoms with Gasteiger partial charge >= 0.3 is 0 Å². The van der Waals surface area contributed by atoms with Gasteiger partial charge in [0.15, 0.2) is 0 Å². The predicted octanol–water partition coefficient (Wildman–Crippen LogP) is 1.89. The summed E-state index contributed by atoms with van der Waals surface area (Å²) < 4.78 is 0. The van der Waals surface area contributed by atoms with Gasteiger partial charge in [-0.1, -0.05) is 11.6 Å². The van der Waals surface area contributed by atoms with Crippen molar-refractivity contribution in [2.75, 3.05) is 0 Å². The first-order chi connectivity index (χ1) is 9.56. The average Bonchev–Trinajstić information content (AvgIpc) is 2.81. The minimum atomic E-state index is -0.435. The molecular formula is C13H17ClN4O2. The lowest BCUT2D eigenvalue weighted by Gasteiger charge is -2.31. The van der Waals surface area contributed by atoms with E-state index in [1.165, 1.54) is 12.1 Å². The number of nitrogens with two attached hydrogens (primary N) is 1. The predicted molar refractivity (Wildman–Crippen MR) is 76.2 cm³/mol. The van der Waals surface area contributed by atoms with Crippen LogP contribution in [-0.4, -0.2) is 17.0 Å². The molecule has 1 aliphatic heterocycles. The quantitative estimate of drug-likeness (QED) is 0.572. The average molecular weight is 297 g/mol. The Bertz CT molecular complexity index is 539. The molecule has 2 aliphatic rings. The van der Waals surface area contributed by atoms with E-state index in [9.17, 15) is 10.1 Å². The third kappa shape index (κ3) is 2.40. The van der Waals surface area contributed by atoms with Crippen molar-refractivity contribution in [2.24, 2.45) is 11.7 Å². The highest BCUT2D eigenvalue weighted by molar-refractivity contribution is 6.31. The van der Waals surface area contributed by atoms with Gasteiger partial charge in [0.05, 0.1) is 16.0 Å². The first-order valence-electron chi connectivity index (χ1n) is 6.76. The number of halogens is 1. The largest absolute Gasteiger partial charge is 0.328 e. The SMILES string of the molecule is NC1CCC2NNC(c3ccc([N+](=O)[O-])cc3Cl)C2C1. The lowest BCUT2D eigenvalue weighted by molar-refractivity contribution is -0.384. The monoisotopic (exact) mass is 296 g/mol. The molecule has 20 heavy (non-hydrogen) atoms. The molecule has 1 saturated heterocycles. The molecule has 0 bridgehead atoms. The van der Waals surface area contributed by atoms with Crippen molar-refractivity contribution in [3.8, 4) is 0 Å². The van der Waals surface area contributed by atoms with Gasteiger partial charge in [-0.15, -0.1) is 0 Å². The van der Waals surface area contributed by atoms with Crippen molar-refractivity contribution in [1.82, 2.24) is 10.9 Å². The summed E-state index contributed by atoms with van der Waals surface area (Å²) in [5.74, 6) is 0.373. The summed E-state index contributed by atoms with van der Waals surface area (Å²) in [6.45, 7) is 0. The summed E-state index contributed by atoms with van der Waals surface area (Å²) in [5, 5.41) is 11.2. The molecule has 0 radical (unpaired) electrons. The normalized spacial score (nSPS) is 32.9. The number of benzene rings is 1. The first-order valence-corrected chi connectivity index (χ1v) is 7.14. The maximum atomic E-state index is 10.8. The van der Waals surface area contributed by atoms with Gasteiger partial charge in [0.1, 0.15) is 0 Å². The van der Waals surface area contributed by atoms with E-state index in [-0.39, 0.29) is 17.8 Å². The molecule has 0 spiro atoms. The van der Waals surface area contributed by atoms with E-state index in [0.717, 1.165) is 24.8 Å². The number of nitrogens with zero attached hydrogens (tertiary/aromatic N) is 1. The second kappa shape index (κ2) is 5.29. The molecule has 1 heterocycles. The van der Waals surface area contributed by atoms with Crippen LogP contribution in [0.2, 0.25) is 5.02 Å². The molecule has 1 aromatic carbocycles. The fourth-order valence-electron chi connectivity index (χ4n) is 3.28.